The summed E-state index contributed by atoms with van der Waals surface area (Å²) >= 11 is 0. The van der Waals surface area contributed by atoms with Crippen molar-refractivity contribution in [3.8, 4) is 28.7 Å². The number of nitrogens with zero attached hydrogens (tertiary/aromatic N) is 1. The Labute approximate surface area is 179 Å². The minimum absolute atomic E-state index is 0.104. The van der Waals surface area contributed by atoms with Crippen molar-refractivity contribution in [3.63, 3.8) is 0 Å². The third-order valence-corrected chi connectivity index (χ3v) is 5.27. The van der Waals surface area contributed by atoms with Gasteiger partial charge in [-0.3, -0.25) is 9.59 Å². The minimum Gasteiger partial charge on any atom is -0.493 e. The van der Waals surface area contributed by atoms with Crippen LogP contribution in [0.5, 0.6) is 28.7 Å². The Bertz CT molecular complexity index is 982. The van der Waals surface area contributed by atoms with E-state index < -0.39 is 5.92 Å². The molecule has 2 amide bonds. The Morgan fingerprint density at radius 3 is 2.32 bits per heavy atom. The standard InChI is InChI=1S/C22H24N2O7/c1-27-18-10-15(11-19(28-2)21(18)29-3)24-12-13(8-20(24)25)22(26)23-14-4-5-16-17(9-14)31-7-6-30-16/h4-5,9-11,13H,6-8,12H2,1-3H3,(H,23,26). The third-order valence-electron chi connectivity index (χ3n) is 5.27. The minimum atomic E-state index is -0.500. The van der Waals surface area contributed by atoms with E-state index in [-0.39, 0.29) is 24.8 Å². The number of amides is 2. The number of ether oxygens (including phenoxy) is 5. The first-order valence-corrected chi connectivity index (χ1v) is 9.85. The molecule has 2 heterocycles. The summed E-state index contributed by atoms with van der Waals surface area (Å²) in [6.07, 6.45) is 0.104. The van der Waals surface area contributed by atoms with Gasteiger partial charge in [-0.05, 0) is 12.1 Å². The maximum absolute atomic E-state index is 12.8. The van der Waals surface area contributed by atoms with Gasteiger partial charge in [0, 0.05) is 36.9 Å². The molecule has 4 rings (SSSR count). The highest BCUT2D eigenvalue weighted by atomic mass is 16.6. The van der Waals surface area contributed by atoms with Gasteiger partial charge in [0.1, 0.15) is 13.2 Å². The van der Waals surface area contributed by atoms with Crippen LogP contribution in [-0.4, -0.2) is 52.9 Å². The van der Waals surface area contributed by atoms with Crippen LogP contribution >= 0.6 is 0 Å². The van der Waals surface area contributed by atoms with E-state index in [4.69, 9.17) is 23.7 Å². The quantitative estimate of drug-likeness (QED) is 0.755. The summed E-state index contributed by atoms with van der Waals surface area (Å²) < 4.78 is 27.1. The SMILES string of the molecule is COc1cc(N2CC(C(=O)Nc3ccc4c(c3)OCCO4)CC2=O)cc(OC)c1OC. The molecule has 1 saturated heterocycles. The second-order valence-corrected chi connectivity index (χ2v) is 7.14. The molecule has 9 nitrogen and oxygen atoms in total. The highest BCUT2D eigenvalue weighted by Crippen LogP contribution is 2.42. The Morgan fingerprint density at radius 2 is 1.68 bits per heavy atom. The first kappa shape index (κ1) is 20.6. The summed E-state index contributed by atoms with van der Waals surface area (Å²) in [6.45, 7) is 1.21. The summed E-state index contributed by atoms with van der Waals surface area (Å²) in [7, 11) is 4.53. The maximum atomic E-state index is 12.8. The van der Waals surface area contributed by atoms with Crippen LogP contribution in [0.3, 0.4) is 0 Å². The predicted octanol–water partition coefficient (Wildman–Crippen LogP) is 2.48. The zero-order valence-electron chi connectivity index (χ0n) is 17.6. The van der Waals surface area contributed by atoms with Gasteiger partial charge < -0.3 is 33.9 Å². The van der Waals surface area contributed by atoms with Gasteiger partial charge in [0.25, 0.3) is 0 Å². The molecular weight excluding hydrogens is 404 g/mol. The number of carbonyl (C=O) groups is 2. The number of anilines is 2. The van der Waals surface area contributed by atoms with Crippen LogP contribution in [0.15, 0.2) is 30.3 Å². The average Bonchev–Trinajstić information content (AvgIpc) is 3.19. The summed E-state index contributed by atoms with van der Waals surface area (Å²) in [5.41, 5.74) is 1.17. The normalized spacial score (nSPS) is 17.3. The lowest BCUT2D eigenvalue weighted by Crippen LogP contribution is -2.28. The first-order chi connectivity index (χ1) is 15.0. The molecule has 9 heteroatoms. The number of fused-ring (bicyclic) bond motifs is 1. The monoisotopic (exact) mass is 428 g/mol. The molecule has 2 aliphatic heterocycles. The number of hydrogen-bond acceptors (Lipinski definition) is 7. The van der Waals surface area contributed by atoms with Crippen LogP contribution < -0.4 is 33.9 Å². The van der Waals surface area contributed by atoms with Gasteiger partial charge in [0.15, 0.2) is 23.0 Å². The fourth-order valence-corrected chi connectivity index (χ4v) is 3.72. The van der Waals surface area contributed by atoms with Crippen LogP contribution in [0.1, 0.15) is 6.42 Å². The molecule has 1 atom stereocenters. The molecule has 1 fully saturated rings. The van der Waals surface area contributed by atoms with Gasteiger partial charge >= 0.3 is 0 Å². The second-order valence-electron chi connectivity index (χ2n) is 7.14. The summed E-state index contributed by atoms with van der Waals surface area (Å²) in [5.74, 6) is 1.66. The van der Waals surface area contributed by atoms with E-state index in [0.717, 1.165) is 0 Å². The third kappa shape index (κ3) is 4.03. The molecule has 31 heavy (non-hydrogen) atoms. The van der Waals surface area contributed by atoms with Crippen molar-refractivity contribution in [2.45, 2.75) is 6.42 Å². The van der Waals surface area contributed by atoms with Gasteiger partial charge in [-0.1, -0.05) is 0 Å². The van der Waals surface area contributed by atoms with Crippen LogP contribution in [0.25, 0.3) is 0 Å². The number of rotatable bonds is 6. The van der Waals surface area contributed by atoms with E-state index in [0.29, 0.717) is 53.3 Å². The fourth-order valence-electron chi connectivity index (χ4n) is 3.72. The number of carbonyl (C=O) groups excluding carboxylic acids is 2. The lowest BCUT2D eigenvalue weighted by molar-refractivity contribution is -0.122. The highest BCUT2D eigenvalue weighted by Gasteiger charge is 2.36. The molecule has 0 saturated carbocycles. The summed E-state index contributed by atoms with van der Waals surface area (Å²) in [5, 5.41) is 2.87. The lowest BCUT2D eigenvalue weighted by Gasteiger charge is -2.21. The van der Waals surface area contributed by atoms with Gasteiger partial charge in [-0.15, -0.1) is 0 Å². The van der Waals surface area contributed by atoms with Crippen LogP contribution in [-0.2, 0) is 9.59 Å². The molecule has 164 valence electrons. The van der Waals surface area contributed by atoms with Crippen molar-refractivity contribution in [1.29, 1.82) is 0 Å². The average molecular weight is 428 g/mol. The van der Waals surface area contributed by atoms with E-state index in [1.807, 2.05) is 0 Å². The van der Waals surface area contributed by atoms with E-state index in [1.165, 1.54) is 21.3 Å². The number of hydrogen-bond donors (Lipinski definition) is 1. The van der Waals surface area contributed by atoms with E-state index in [2.05, 4.69) is 5.32 Å². The van der Waals surface area contributed by atoms with E-state index >= 15 is 0 Å². The van der Waals surface area contributed by atoms with Gasteiger partial charge in [0.2, 0.25) is 17.6 Å². The summed E-state index contributed by atoms with van der Waals surface area (Å²) in [6, 6.07) is 8.62. The molecule has 2 aliphatic rings. The van der Waals surface area contributed by atoms with Gasteiger partial charge in [-0.2, -0.15) is 0 Å². The van der Waals surface area contributed by atoms with Crippen LogP contribution in [0.2, 0.25) is 0 Å². The molecule has 0 aliphatic carbocycles. The van der Waals surface area contributed by atoms with Crippen molar-refractivity contribution < 1.29 is 33.3 Å². The number of methoxy groups -OCH3 is 3. The number of nitrogens with one attached hydrogen (secondary N) is 1. The van der Waals surface area contributed by atoms with Crippen molar-refractivity contribution in [1.82, 2.24) is 0 Å². The molecule has 0 bridgehead atoms. The molecule has 1 N–H and O–H groups in total. The molecule has 2 aromatic rings. The van der Waals surface area contributed by atoms with Crippen molar-refractivity contribution in [2.24, 2.45) is 5.92 Å². The van der Waals surface area contributed by atoms with E-state index in [1.54, 1.807) is 35.2 Å². The Kier molecular flexibility index (Phi) is 5.75. The van der Waals surface area contributed by atoms with Crippen molar-refractivity contribution in [3.05, 3.63) is 30.3 Å². The van der Waals surface area contributed by atoms with Gasteiger partial charge in [-0.25, -0.2) is 0 Å². The van der Waals surface area contributed by atoms with Crippen LogP contribution in [0, 0.1) is 5.92 Å². The topological polar surface area (TPSA) is 95.6 Å². The van der Waals surface area contributed by atoms with Crippen molar-refractivity contribution in [2.75, 3.05) is 51.3 Å². The highest BCUT2D eigenvalue weighted by molar-refractivity contribution is 6.03. The molecule has 2 aromatic carbocycles. The largest absolute Gasteiger partial charge is 0.493 e. The van der Waals surface area contributed by atoms with E-state index in [9.17, 15) is 9.59 Å². The summed E-state index contributed by atoms with van der Waals surface area (Å²) in [4.78, 5) is 27.1. The Hall–Kier alpha value is -3.62. The maximum Gasteiger partial charge on any atom is 0.229 e. The molecule has 0 radical (unpaired) electrons. The zero-order chi connectivity index (χ0) is 22.0. The van der Waals surface area contributed by atoms with Crippen molar-refractivity contribution >= 4 is 23.2 Å². The Balaban J connectivity index is 1.50. The molecule has 0 spiro atoms. The predicted molar refractivity (Wildman–Crippen MR) is 113 cm³/mol. The Morgan fingerprint density at radius 1 is 1.00 bits per heavy atom. The van der Waals surface area contributed by atoms with Gasteiger partial charge in [0.05, 0.1) is 32.9 Å². The van der Waals surface area contributed by atoms with Crippen LogP contribution in [0.4, 0.5) is 11.4 Å². The number of benzene rings is 2. The molecule has 1 unspecified atom stereocenters. The first-order valence-electron chi connectivity index (χ1n) is 9.85. The molecule has 0 aromatic heterocycles. The molecular formula is C22H24N2O7. The fraction of sp³-hybridized carbons (Fsp3) is 0.364. The smallest absolute Gasteiger partial charge is 0.229 e. The lowest BCUT2D eigenvalue weighted by atomic mass is 10.1. The second kappa shape index (κ2) is 8.63. The zero-order valence-corrected chi connectivity index (χ0v) is 17.6.